The van der Waals surface area contributed by atoms with Gasteiger partial charge in [0.15, 0.2) is 0 Å². The lowest BCUT2D eigenvalue weighted by Crippen LogP contribution is -1.92. The summed E-state index contributed by atoms with van der Waals surface area (Å²) < 4.78 is 0. The third-order valence-electron chi connectivity index (χ3n) is 1.62. The van der Waals surface area contributed by atoms with Gasteiger partial charge in [0.2, 0.25) is 0 Å². The summed E-state index contributed by atoms with van der Waals surface area (Å²) >= 11 is 0. The predicted octanol–water partition coefficient (Wildman–Crippen LogP) is 2.21. The van der Waals surface area contributed by atoms with Gasteiger partial charge in [-0.2, -0.15) is 0 Å². The SMILES string of the molecule is CCCCCc1ncccn1. The Bertz CT molecular complexity index is 184. The van der Waals surface area contributed by atoms with E-state index in [1.54, 1.807) is 12.4 Å². The fourth-order valence-corrected chi connectivity index (χ4v) is 0.992. The monoisotopic (exact) mass is 150 g/mol. The Balaban J connectivity index is 2.28. The van der Waals surface area contributed by atoms with Crippen LogP contribution in [-0.2, 0) is 6.42 Å². The average Bonchev–Trinajstić information content (AvgIpc) is 2.07. The first-order valence-corrected chi connectivity index (χ1v) is 4.19. The maximum absolute atomic E-state index is 4.14. The van der Waals surface area contributed by atoms with Crippen LogP contribution in [0, 0.1) is 0 Å². The molecule has 1 aromatic heterocycles. The first kappa shape index (κ1) is 8.18. The molecule has 0 amide bonds. The highest BCUT2D eigenvalue weighted by atomic mass is 14.8. The average molecular weight is 150 g/mol. The van der Waals surface area contributed by atoms with E-state index in [9.17, 15) is 0 Å². The van der Waals surface area contributed by atoms with Crippen LogP contribution in [0.25, 0.3) is 0 Å². The van der Waals surface area contributed by atoms with Crippen molar-refractivity contribution in [2.75, 3.05) is 0 Å². The van der Waals surface area contributed by atoms with Gasteiger partial charge in [0, 0.05) is 18.8 Å². The molecule has 1 heterocycles. The number of hydrogen-bond acceptors (Lipinski definition) is 2. The molecule has 2 nitrogen and oxygen atoms in total. The minimum atomic E-state index is 0.973. The smallest absolute Gasteiger partial charge is 0.128 e. The lowest BCUT2D eigenvalue weighted by molar-refractivity contribution is 0.693. The number of unbranched alkanes of at least 4 members (excludes halogenated alkanes) is 2. The largest absolute Gasteiger partial charge is 0.241 e. The van der Waals surface area contributed by atoms with E-state index in [1.165, 1.54) is 19.3 Å². The van der Waals surface area contributed by atoms with Gasteiger partial charge in [-0.3, -0.25) is 0 Å². The summed E-state index contributed by atoms with van der Waals surface area (Å²) in [5.74, 6) is 0.973. The maximum Gasteiger partial charge on any atom is 0.128 e. The summed E-state index contributed by atoms with van der Waals surface area (Å²) in [6, 6.07) is 1.85. The molecule has 0 bridgehead atoms. The van der Waals surface area contributed by atoms with Gasteiger partial charge >= 0.3 is 0 Å². The Morgan fingerprint density at radius 3 is 2.55 bits per heavy atom. The Morgan fingerprint density at radius 2 is 1.91 bits per heavy atom. The van der Waals surface area contributed by atoms with Crippen LogP contribution in [0.2, 0.25) is 0 Å². The van der Waals surface area contributed by atoms with Gasteiger partial charge in [0.1, 0.15) is 5.82 Å². The van der Waals surface area contributed by atoms with Gasteiger partial charge in [-0.25, -0.2) is 9.97 Å². The second-order valence-electron chi connectivity index (χ2n) is 2.62. The fourth-order valence-electron chi connectivity index (χ4n) is 0.992. The zero-order valence-corrected chi connectivity index (χ0v) is 6.95. The molecule has 1 rings (SSSR count). The van der Waals surface area contributed by atoms with Crippen LogP contribution < -0.4 is 0 Å². The standard InChI is InChI=1S/C9H14N2/c1-2-3-4-6-9-10-7-5-8-11-9/h5,7-8H,2-4,6H2,1H3. The zero-order chi connectivity index (χ0) is 7.94. The molecule has 0 saturated heterocycles. The normalized spacial score (nSPS) is 9.91. The van der Waals surface area contributed by atoms with E-state index in [0.29, 0.717) is 0 Å². The van der Waals surface area contributed by atoms with Crippen LogP contribution >= 0.6 is 0 Å². The second kappa shape index (κ2) is 4.83. The zero-order valence-electron chi connectivity index (χ0n) is 6.95. The van der Waals surface area contributed by atoms with Crippen molar-refractivity contribution < 1.29 is 0 Å². The molecule has 1 aromatic rings. The van der Waals surface area contributed by atoms with Crippen molar-refractivity contribution in [1.82, 2.24) is 9.97 Å². The van der Waals surface area contributed by atoms with Gasteiger partial charge < -0.3 is 0 Å². The Kier molecular flexibility index (Phi) is 3.59. The molecule has 0 unspecified atom stereocenters. The highest BCUT2D eigenvalue weighted by molar-refractivity contribution is 4.88. The quantitative estimate of drug-likeness (QED) is 0.615. The predicted molar refractivity (Wildman–Crippen MR) is 45.3 cm³/mol. The molecule has 0 atom stereocenters. The summed E-state index contributed by atoms with van der Waals surface area (Å²) in [5, 5.41) is 0. The summed E-state index contributed by atoms with van der Waals surface area (Å²) in [5.41, 5.74) is 0. The number of aryl methyl sites for hydroxylation is 1. The third-order valence-corrected chi connectivity index (χ3v) is 1.62. The Labute approximate surface area is 67.7 Å². The van der Waals surface area contributed by atoms with E-state index in [-0.39, 0.29) is 0 Å². The molecule has 2 heteroatoms. The van der Waals surface area contributed by atoms with E-state index in [1.807, 2.05) is 6.07 Å². The summed E-state index contributed by atoms with van der Waals surface area (Å²) in [4.78, 5) is 8.28. The molecular weight excluding hydrogens is 136 g/mol. The molecule has 0 radical (unpaired) electrons. The highest BCUT2D eigenvalue weighted by Gasteiger charge is 1.92. The number of rotatable bonds is 4. The molecule has 0 N–H and O–H groups in total. The molecule has 11 heavy (non-hydrogen) atoms. The van der Waals surface area contributed by atoms with Crippen molar-refractivity contribution in [3.8, 4) is 0 Å². The fraction of sp³-hybridized carbons (Fsp3) is 0.556. The van der Waals surface area contributed by atoms with Gasteiger partial charge in [0.25, 0.3) is 0 Å². The Hall–Kier alpha value is -0.920. The first-order chi connectivity index (χ1) is 5.43. The van der Waals surface area contributed by atoms with Gasteiger partial charge in [-0.15, -0.1) is 0 Å². The van der Waals surface area contributed by atoms with Crippen LogP contribution in [-0.4, -0.2) is 9.97 Å². The molecule has 0 aliphatic carbocycles. The van der Waals surface area contributed by atoms with Crippen molar-refractivity contribution in [2.24, 2.45) is 0 Å². The minimum absolute atomic E-state index is 0.973. The van der Waals surface area contributed by atoms with Crippen LogP contribution in [0.4, 0.5) is 0 Å². The molecule has 0 aromatic carbocycles. The van der Waals surface area contributed by atoms with Gasteiger partial charge in [-0.05, 0) is 12.5 Å². The van der Waals surface area contributed by atoms with E-state index in [4.69, 9.17) is 0 Å². The molecule has 0 aliphatic rings. The highest BCUT2D eigenvalue weighted by Crippen LogP contribution is 1.99. The van der Waals surface area contributed by atoms with E-state index >= 15 is 0 Å². The van der Waals surface area contributed by atoms with Crippen molar-refractivity contribution >= 4 is 0 Å². The summed E-state index contributed by atoms with van der Waals surface area (Å²) in [7, 11) is 0. The number of nitrogens with zero attached hydrogens (tertiary/aromatic N) is 2. The number of aromatic nitrogens is 2. The van der Waals surface area contributed by atoms with E-state index < -0.39 is 0 Å². The molecule has 0 spiro atoms. The van der Waals surface area contributed by atoms with E-state index in [2.05, 4.69) is 16.9 Å². The number of hydrogen-bond donors (Lipinski definition) is 0. The van der Waals surface area contributed by atoms with Crippen LogP contribution in [0.15, 0.2) is 18.5 Å². The van der Waals surface area contributed by atoms with Crippen LogP contribution in [0.3, 0.4) is 0 Å². The molecule has 0 saturated carbocycles. The topological polar surface area (TPSA) is 25.8 Å². The van der Waals surface area contributed by atoms with Crippen molar-refractivity contribution in [1.29, 1.82) is 0 Å². The first-order valence-electron chi connectivity index (χ1n) is 4.19. The van der Waals surface area contributed by atoms with Crippen LogP contribution in [0.1, 0.15) is 32.0 Å². The van der Waals surface area contributed by atoms with Crippen LogP contribution in [0.5, 0.6) is 0 Å². The molecule has 0 fully saturated rings. The Morgan fingerprint density at radius 1 is 1.18 bits per heavy atom. The summed E-state index contributed by atoms with van der Waals surface area (Å²) in [6.45, 7) is 2.20. The third kappa shape index (κ3) is 3.12. The molecule has 0 aliphatic heterocycles. The van der Waals surface area contributed by atoms with E-state index in [0.717, 1.165) is 12.2 Å². The molecular formula is C9H14N2. The van der Waals surface area contributed by atoms with Crippen molar-refractivity contribution in [3.63, 3.8) is 0 Å². The maximum atomic E-state index is 4.14. The lowest BCUT2D eigenvalue weighted by Gasteiger charge is -1.96. The molecule has 60 valence electrons. The van der Waals surface area contributed by atoms with Gasteiger partial charge in [0.05, 0.1) is 0 Å². The van der Waals surface area contributed by atoms with Crippen molar-refractivity contribution in [3.05, 3.63) is 24.3 Å². The summed E-state index contributed by atoms with van der Waals surface area (Å²) in [6.07, 6.45) is 8.36. The second-order valence-corrected chi connectivity index (χ2v) is 2.62. The van der Waals surface area contributed by atoms with Crippen molar-refractivity contribution in [2.45, 2.75) is 32.6 Å². The lowest BCUT2D eigenvalue weighted by atomic mass is 10.2. The van der Waals surface area contributed by atoms with Gasteiger partial charge in [-0.1, -0.05) is 19.8 Å². The minimum Gasteiger partial charge on any atom is -0.241 e.